The number of aromatic nitrogens is 2. The van der Waals surface area contributed by atoms with Crippen LogP contribution in [-0.2, 0) is 21.4 Å². The van der Waals surface area contributed by atoms with Crippen LogP contribution in [0.2, 0.25) is 0 Å². The number of hydrogen-bond donors (Lipinski definition) is 1. The lowest BCUT2D eigenvalue weighted by atomic mass is 10.2. The minimum absolute atomic E-state index is 0.114. The van der Waals surface area contributed by atoms with Gasteiger partial charge in [0, 0.05) is 19.2 Å². The van der Waals surface area contributed by atoms with Crippen molar-refractivity contribution in [3.8, 4) is 11.5 Å². The third-order valence-electron chi connectivity index (χ3n) is 5.20. The van der Waals surface area contributed by atoms with Gasteiger partial charge in [-0.15, -0.1) is 0 Å². The average Bonchev–Trinajstić information content (AvgIpc) is 3.02. The molecule has 1 aromatic heterocycles. The number of aryl methyl sites for hydroxylation is 1. The molecule has 1 saturated heterocycles. The van der Waals surface area contributed by atoms with Gasteiger partial charge in [-0.05, 0) is 38.8 Å². The third kappa shape index (κ3) is 4.44. The fourth-order valence-electron chi connectivity index (χ4n) is 3.67. The molecule has 2 heterocycles. The first-order valence-electron chi connectivity index (χ1n) is 9.84. The van der Waals surface area contributed by atoms with Gasteiger partial charge in [-0.3, -0.25) is 9.48 Å². The van der Waals surface area contributed by atoms with E-state index in [0.717, 1.165) is 19.3 Å². The van der Waals surface area contributed by atoms with Crippen LogP contribution < -0.4 is 14.8 Å². The SMILES string of the molecule is COc1ccc(NC(=O)Cn2nc(C)c(S(=O)(=O)N3CCCCC3)c2C)c(OC)c1. The summed E-state index contributed by atoms with van der Waals surface area (Å²) in [5, 5.41) is 7.10. The van der Waals surface area contributed by atoms with Crippen molar-refractivity contribution in [3.05, 3.63) is 29.6 Å². The van der Waals surface area contributed by atoms with Gasteiger partial charge in [-0.1, -0.05) is 6.42 Å². The van der Waals surface area contributed by atoms with E-state index in [-0.39, 0.29) is 17.3 Å². The smallest absolute Gasteiger partial charge is 0.246 e. The van der Waals surface area contributed by atoms with Crippen molar-refractivity contribution >= 4 is 21.6 Å². The Balaban J connectivity index is 1.80. The summed E-state index contributed by atoms with van der Waals surface area (Å²) in [6.45, 7) is 4.26. The molecule has 0 radical (unpaired) electrons. The maximum Gasteiger partial charge on any atom is 0.246 e. The summed E-state index contributed by atoms with van der Waals surface area (Å²) in [4.78, 5) is 12.8. The molecule has 1 aliphatic heterocycles. The standard InChI is InChI=1S/C20H28N4O5S/c1-14-20(30(26,27)23-10-6-5-7-11-23)15(2)24(22-14)13-19(25)21-17-9-8-16(28-3)12-18(17)29-4/h8-9,12H,5-7,10-11,13H2,1-4H3,(H,21,25). The van der Waals surface area contributed by atoms with Crippen LogP contribution >= 0.6 is 0 Å². The maximum atomic E-state index is 13.1. The molecule has 30 heavy (non-hydrogen) atoms. The lowest BCUT2D eigenvalue weighted by Gasteiger charge is -2.25. The first kappa shape index (κ1) is 22.1. The Morgan fingerprint density at radius 3 is 2.47 bits per heavy atom. The van der Waals surface area contributed by atoms with Crippen LogP contribution in [0, 0.1) is 13.8 Å². The number of amides is 1. The molecule has 1 aromatic carbocycles. The van der Waals surface area contributed by atoms with E-state index in [1.54, 1.807) is 39.2 Å². The average molecular weight is 437 g/mol. The van der Waals surface area contributed by atoms with Gasteiger partial charge in [-0.2, -0.15) is 9.40 Å². The van der Waals surface area contributed by atoms with E-state index in [1.807, 2.05) is 0 Å². The molecule has 2 aromatic rings. The van der Waals surface area contributed by atoms with Gasteiger partial charge in [0.05, 0.1) is 31.3 Å². The van der Waals surface area contributed by atoms with Gasteiger partial charge in [0.2, 0.25) is 15.9 Å². The van der Waals surface area contributed by atoms with E-state index in [1.165, 1.54) is 16.1 Å². The summed E-state index contributed by atoms with van der Waals surface area (Å²) < 4.78 is 39.6. The summed E-state index contributed by atoms with van der Waals surface area (Å²) in [5.41, 5.74) is 1.34. The molecule has 0 aliphatic carbocycles. The van der Waals surface area contributed by atoms with E-state index < -0.39 is 10.0 Å². The second kappa shape index (κ2) is 9.05. The van der Waals surface area contributed by atoms with Crippen molar-refractivity contribution in [1.82, 2.24) is 14.1 Å². The number of benzene rings is 1. The van der Waals surface area contributed by atoms with Crippen molar-refractivity contribution in [2.75, 3.05) is 32.6 Å². The Morgan fingerprint density at radius 1 is 1.13 bits per heavy atom. The Bertz CT molecular complexity index is 1030. The second-order valence-corrected chi connectivity index (χ2v) is 9.11. The number of carbonyl (C=O) groups is 1. The third-order valence-corrected chi connectivity index (χ3v) is 7.36. The van der Waals surface area contributed by atoms with Gasteiger partial charge in [-0.25, -0.2) is 8.42 Å². The van der Waals surface area contributed by atoms with Crippen LogP contribution in [-0.4, -0.2) is 55.7 Å². The Labute approximate surface area is 177 Å². The molecule has 1 amide bonds. The predicted molar refractivity (Wildman–Crippen MR) is 112 cm³/mol. The molecule has 1 fully saturated rings. The molecule has 1 N–H and O–H groups in total. The lowest BCUT2D eigenvalue weighted by Crippen LogP contribution is -2.36. The summed E-state index contributed by atoms with van der Waals surface area (Å²) in [6, 6.07) is 5.07. The largest absolute Gasteiger partial charge is 0.497 e. The number of methoxy groups -OCH3 is 2. The van der Waals surface area contributed by atoms with Gasteiger partial charge < -0.3 is 14.8 Å². The van der Waals surface area contributed by atoms with Gasteiger partial charge in [0.25, 0.3) is 0 Å². The van der Waals surface area contributed by atoms with Crippen LogP contribution in [0.1, 0.15) is 30.7 Å². The van der Waals surface area contributed by atoms with Crippen molar-refractivity contribution in [3.63, 3.8) is 0 Å². The minimum atomic E-state index is -3.63. The quantitative estimate of drug-likeness (QED) is 0.715. The lowest BCUT2D eigenvalue weighted by molar-refractivity contribution is -0.117. The number of carbonyl (C=O) groups excluding carboxylic acids is 1. The Kier molecular flexibility index (Phi) is 6.67. The van der Waals surface area contributed by atoms with Crippen LogP contribution in [0.3, 0.4) is 0 Å². The topological polar surface area (TPSA) is 103 Å². The molecule has 0 bridgehead atoms. The van der Waals surface area contributed by atoms with Crippen molar-refractivity contribution in [2.45, 2.75) is 44.6 Å². The first-order chi connectivity index (χ1) is 14.3. The fraction of sp³-hybridized carbons (Fsp3) is 0.500. The highest BCUT2D eigenvalue weighted by Gasteiger charge is 2.32. The number of ether oxygens (including phenoxy) is 2. The molecule has 0 saturated carbocycles. The second-order valence-electron chi connectivity index (χ2n) is 7.24. The molecule has 1 aliphatic rings. The van der Waals surface area contributed by atoms with Crippen LogP contribution in [0.4, 0.5) is 5.69 Å². The van der Waals surface area contributed by atoms with Gasteiger partial charge >= 0.3 is 0 Å². The molecule has 10 heteroatoms. The van der Waals surface area contributed by atoms with E-state index in [9.17, 15) is 13.2 Å². The van der Waals surface area contributed by atoms with E-state index in [0.29, 0.717) is 41.7 Å². The van der Waals surface area contributed by atoms with Crippen molar-refractivity contribution < 1.29 is 22.7 Å². The number of piperidine rings is 1. The number of rotatable bonds is 7. The monoisotopic (exact) mass is 436 g/mol. The first-order valence-corrected chi connectivity index (χ1v) is 11.3. The molecule has 0 atom stereocenters. The minimum Gasteiger partial charge on any atom is -0.497 e. The number of hydrogen-bond acceptors (Lipinski definition) is 6. The van der Waals surface area contributed by atoms with Crippen molar-refractivity contribution in [1.29, 1.82) is 0 Å². The summed E-state index contributed by atoms with van der Waals surface area (Å²) >= 11 is 0. The summed E-state index contributed by atoms with van der Waals surface area (Å²) in [6.07, 6.45) is 2.76. The Morgan fingerprint density at radius 2 is 1.83 bits per heavy atom. The molecular formula is C20H28N4O5S. The van der Waals surface area contributed by atoms with Crippen LogP contribution in [0.25, 0.3) is 0 Å². The molecular weight excluding hydrogens is 408 g/mol. The van der Waals surface area contributed by atoms with E-state index in [2.05, 4.69) is 10.4 Å². The highest BCUT2D eigenvalue weighted by atomic mass is 32.2. The van der Waals surface area contributed by atoms with Gasteiger partial charge in [0.1, 0.15) is 22.9 Å². The highest BCUT2D eigenvalue weighted by Crippen LogP contribution is 2.29. The molecule has 3 rings (SSSR count). The number of nitrogens with one attached hydrogen (secondary N) is 1. The fourth-order valence-corrected chi connectivity index (χ4v) is 5.56. The number of nitrogens with zero attached hydrogens (tertiary/aromatic N) is 3. The normalized spacial score (nSPS) is 15.1. The predicted octanol–water partition coefficient (Wildman–Crippen LogP) is 2.33. The molecule has 9 nitrogen and oxygen atoms in total. The molecule has 0 unspecified atom stereocenters. The summed E-state index contributed by atoms with van der Waals surface area (Å²) in [5.74, 6) is 0.728. The van der Waals surface area contributed by atoms with E-state index >= 15 is 0 Å². The van der Waals surface area contributed by atoms with Gasteiger partial charge in [0.15, 0.2) is 0 Å². The Hall–Kier alpha value is -2.59. The zero-order chi connectivity index (χ0) is 21.9. The highest BCUT2D eigenvalue weighted by molar-refractivity contribution is 7.89. The van der Waals surface area contributed by atoms with Crippen molar-refractivity contribution in [2.24, 2.45) is 0 Å². The van der Waals surface area contributed by atoms with E-state index in [4.69, 9.17) is 9.47 Å². The zero-order valence-electron chi connectivity index (χ0n) is 17.8. The number of anilines is 1. The number of sulfonamides is 1. The zero-order valence-corrected chi connectivity index (χ0v) is 18.6. The maximum absolute atomic E-state index is 13.1. The summed E-state index contributed by atoms with van der Waals surface area (Å²) in [7, 11) is -0.581. The van der Waals surface area contributed by atoms with Crippen LogP contribution in [0.15, 0.2) is 23.1 Å². The molecule has 0 spiro atoms. The molecule has 164 valence electrons. The van der Waals surface area contributed by atoms with Crippen LogP contribution in [0.5, 0.6) is 11.5 Å².